The van der Waals surface area contributed by atoms with Crippen LogP contribution in [0.1, 0.15) is 41.9 Å². The zero-order chi connectivity index (χ0) is 22.4. The summed E-state index contributed by atoms with van der Waals surface area (Å²) in [6.45, 7) is 2.69. The number of nitrogens with zero attached hydrogens (tertiary/aromatic N) is 2. The molecule has 2 aromatic rings. The largest absolute Gasteiger partial charge is 0.493 e. The topological polar surface area (TPSA) is 90.0 Å². The average molecular weight is 428 g/mol. The predicted molar refractivity (Wildman–Crippen MR) is 116 cm³/mol. The summed E-state index contributed by atoms with van der Waals surface area (Å²) in [5.41, 5.74) is 1.32. The molecule has 1 saturated heterocycles. The van der Waals surface area contributed by atoms with E-state index >= 15 is 0 Å². The van der Waals surface area contributed by atoms with Crippen LogP contribution in [0.5, 0.6) is 17.2 Å². The molecule has 0 radical (unpaired) electrons. The van der Waals surface area contributed by atoms with E-state index in [1.54, 1.807) is 18.3 Å². The van der Waals surface area contributed by atoms with Crippen molar-refractivity contribution in [3.05, 3.63) is 47.8 Å². The van der Waals surface area contributed by atoms with Crippen molar-refractivity contribution in [1.82, 2.24) is 15.2 Å². The number of likely N-dealkylation sites (tertiary alicyclic amines) is 1. The van der Waals surface area contributed by atoms with Crippen LogP contribution in [0.25, 0.3) is 0 Å². The first-order valence-electron chi connectivity index (χ1n) is 10.3. The molecule has 8 nitrogen and oxygen atoms in total. The van der Waals surface area contributed by atoms with Crippen molar-refractivity contribution >= 4 is 11.8 Å². The van der Waals surface area contributed by atoms with Gasteiger partial charge in [0.2, 0.25) is 11.7 Å². The first-order valence-corrected chi connectivity index (χ1v) is 10.3. The lowest BCUT2D eigenvalue weighted by Gasteiger charge is -2.36. The molecule has 8 heteroatoms. The van der Waals surface area contributed by atoms with E-state index in [0.717, 1.165) is 18.5 Å². The molecule has 0 unspecified atom stereocenters. The summed E-state index contributed by atoms with van der Waals surface area (Å²) in [5.74, 6) is 1.36. The van der Waals surface area contributed by atoms with Crippen LogP contribution in [0, 0.1) is 5.92 Å². The molecular weight excluding hydrogens is 398 g/mol. The monoisotopic (exact) mass is 427 g/mol. The number of hydrogen-bond acceptors (Lipinski definition) is 6. The molecule has 1 fully saturated rings. The highest BCUT2D eigenvalue weighted by molar-refractivity contribution is 5.95. The van der Waals surface area contributed by atoms with Gasteiger partial charge in [0.25, 0.3) is 5.91 Å². The number of rotatable bonds is 7. The SMILES string of the molecule is COc1cc(C(=O)N2CCC([C@@H](NC(C)=O)c3ccccn3)CC2)cc(OC)c1OC. The van der Waals surface area contributed by atoms with Gasteiger partial charge in [-0.25, -0.2) is 0 Å². The fourth-order valence-corrected chi connectivity index (χ4v) is 4.04. The number of carbonyl (C=O) groups is 2. The summed E-state index contributed by atoms with van der Waals surface area (Å²) in [4.78, 5) is 31.2. The lowest BCUT2D eigenvalue weighted by molar-refractivity contribution is -0.120. The third kappa shape index (κ3) is 5.07. The molecule has 166 valence electrons. The van der Waals surface area contributed by atoms with Crippen molar-refractivity contribution in [2.75, 3.05) is 34.4 Å². The number of nitrogens with one attached hydrogen (secondary N) is 1. The molecule has 1 aromatic carbocycles. The molecule has 1 aromatic heterocycles. The quantitative estimate of drug-likeness (QED) is 0.731. The number of aromatic nitrogens is 1. The Morgan fingerprint density at radius 1 is 1.06 bits per heavy atom. The Labute approximate surface area is 182 Å². The lowest BCUT2D eigenvalue weighted by Crippen LogP contribution is -2.43. The highest BCUT2D eigenvalue weighted by atomic mass is 16.5. The normalized spacial score (nSPS) is 15.2. The van der Waals surface area contributed by atoms with Crippen molar-refractivity contribution in [1.29, 1.82) is 0 Å². The van der Waals surface area contributed by atoms with Crippen LogP contribution in [-0.2, 0) is 4.79 Å². The van der Waals surface area contributed by atoms with E-state index in [-0.39, 0.29) is 23.8 Å². The number of piperidine rings is 1. The van der Waals surface area contributed by atoms with E-state index in [1.807, 2.05) is 23.1 Å². The van der Waals surface area contributed by atoms with Gasteiger partial charge in [0, 0.05) is 31.8 Å². The third-order valence-corrected chi connectivity index (χ3v) is 5.58. The second kappa shape index (κ2) is 10.1. The summed E-state index contributed by atoms with van der Waals surface area (Å²) < 4.78 is 16.1. The number of amides is 2. The Balaban J connectivity index is 1.74. The minimum absolute atomic E-state index is 0.0911. The van der Waals surface area contributed by atoms with Gasteiger partial charge in [0.05, 0.1) is 33.1 Å². The summed E-state index contributed by atoms with van der Waals surface area (Å²) in [5, 5.41) is 3.03. The van der Waals surface area contributed by atoms with Gasteiger partial charge in [-0.05, 0) is 43.0 Å². The number of hydrogen-bond donors (Lipinski definition) is 1. The fraction of sp³-hybridized carbons (Fsp3) is 0.435. The standard InChI is InChI=1S/C23H29N3O5/c1-15(27)25-21(18-7-5-6-10-24-18)16-8-11-26(12-9-16)23(28)17-13-19(29-2)22(31-4)20(14-17)30-3/h5-7,10,13-14,16,21H,8-9,11-12H2,1-4H3,(H,25,27)/t21-/m1/s1. The van der Waals surface area contributed by atoms with Crippen LogP contribution in [0.2, 0.25) is 0 Å². The maximum atomic E-state index is 13.2. The van der Waals surface area contributed by atoms with Gasteiger partial charge in [0.1, 0.15) is 0 Å². The third-order valence-electron chi connectivity index (χ3n) is 5.58. The van der Waals surface area contributed by atoms with Gasteiger partial charge in [-0.1, -0.05) is 6.07 Å². The molecule has 1 aliphatic heterocycles. The Hall–Kier alpha value is -3.29. The number of ether oxygens (including phenoxy) is 3. The number of pyridine rings is 1. The molecule has 1 N–H and O–H groups in total. The Bertz CT molecular complexity index is 886. The first kappa shape index (κ1) is 22.4. The summed E-state index contributed by atoms with van der Waals surface area (Å²) in [6.07, 6.45) is 3.25. The van der Waals surface area contributed by atoms with Gasteiger partial charge in [0.15, 0.2) is 11.5 Å². The van der Waals surface area contributed by atoms with Crippen LogP contribution in [-0.4, -0.2) is 56.1 Å². The average Bonchev–Trinajstić information content (AvgIpc) is 2.81. The summed E-state index contributed by atoms with van der Waals surface area (Å²) in [6, 6.07) is 8.87. The van der Waals surface area contributed by atoms with Crippen molar-refractivity contribution in [2.45, 2.75) is 25.8 Å². The molecule has 2 heterocycles. The van der Waals surface area contributed by atoms with E-state index in [9.17, 15) is 9.59 Å². The Morgan fingerprint density at radius 2 is 1.71 bits per heavy atom. The van der Waals surface area contributed by atoms with E-state index in [4.69, 9.17) is 14.2 Å². The number of carbonyl (C=O) groups excluding carboxylic acids is 2. The van der Waals surface area contributed by atoms with Crippen molar-refractivity contribution in [2.24, 2.45) is 5.92 Å². The van der Waals surface area contributed by atoms with Gasteiger partial charge < -0.3 is 24.4 Å². The van der Waals surface area contributed by atoms with E-state index in [1.165, 1.54) is 28.3 Å². The maximum Gasteiger partial charge on any atom is 0.254 e. The van der Waals surface area contributed by atoms with Crippen LogP contribution in [0.3, 0.4) is 0 Å². The second-order valence-electron chi connectivity index (χ2n) is 7.48. The molecule has 1 aliphatic rings. The highest BCUT2D eigenvalue weighted by Gasteiger charge is 2.31. The summed E-state index contributed by atoms with van der Waals surface area (Å²) >= 11 is 0. The highest BCUT2D eigenvalue weighted by Crippen LogP contribution is 2.39. The smallest absolute Gasteiger partial charge is 0.254 e. The molecule has 2 amide bonds. The zero-order valence-electron chi connectivity index (χ0n) is 18.4. The molecule has 31 heavy (non-hydrogen) atoms. The first-order chi connectivity index (χ1) is 15.0. The number of benzene rings is 1. The Kier molecular flexibility index (Phi) is 7.33. The van der Waals surface area contributed by atoms with E-state index in [2.05, 4.69) is 10.3 Å². The molecule has 0 saturated carbocycles. The van der Waals surface area contributed by atoms with E-state index in [0.29, 0.717) is 35.9 Å². The van der Waals surface area contributed by atoms with Gasteiger partial charge in [-0.2, -0.15) is 0 Å². The second-order valence-corrected chi connectivity index (χ2v) is 7.48. The molecule has 1 atom stereocenters. The maximum absolute atomic E-state index is 13.2. The molecule has 0 aliphatic carbocycles. The minimum atomic E-state index is -0.169. The predicted octanol–water partition coefficient (Wildman–Crippen LogP) is 2.84. The van der Waals surface area contributed by atoms with Crippen molar-refractivity contribution < 1.29 is 23.8 Å². The molecule has 0 bridgehead atoms. The van der Waals surface area contributed by atoms with Gasteiger partial charge in [-0.15, -0.1) is 0 Å². The summed E-state index contributed by atoms with van der Waals surface area (Å²) in [7, 11) is 4.58. The molecular formula is C23H29N3O5. The van der Waals surface area contributed by atoms with Gasteiger partial charge in [-0.3, -0.25) is 14.6 Å². The van der Waals surface area contributed by atoms with Crippen LogP contribution >= 0.6 is 0 Å². The van der Waals surface area contributed by atoms with Crippen LogP contribution in [0.15, 0.2) is 36.5 Å². The number of methoxy groups -OCH3 is 3. The molecule has 0 spiro atoms. The van der Waals surface area contributed by atoms with Crippen molar-refractivity contribution in [3.8, 4) is 17.2 Å². The Morgan fingerprint density at radius 3 is 2.19 bits per heavy atom. The van der Waals surface area contributed by atoms with Crippen molar-refractivity contribution in [3.63, 3.8) is 0 Å². The lowest BCUT2D eigenvalue weighted by atomic mass is 9.87. The van der Waals surface area contributed by atoms with Gasteiger partial charge >= 0.3 is 0 Å². The minimum Gasteiger partial charge on any atom is -0.493 e. The van der Waals surface area contributed by atoms with Crippen LogP contribution < -0.4 is 19.5 Å². The molecule has 3 rings (SSSR count). The zero-order valence-corrected chi connectivity index (χ0v) is 18.4. The fourth-order valence-electron chi connectivity index (χ4n) is 4.04. The van der Waals surface area contributed by atoms with E-state index < -0.39 is 0 Å². The van der Waals surface area contributed by atoms with Crippen LogP contribution in [0.4, 0.5) is 0 Å².